The van der Waals surface area contributed by atoms with E-state index in [2.05, 4.69) is 32.3 Å². The topological polar surface area (TPSA) is 34.1 Å². The number of hydrogen-bond donors (Lipinski definition) is 1. The van der Waals surface area contributed by atoms with E-state index in [1.54, 1.807) is 11.3 Å². The van der Waals surface area contributed by atoms with E-state index in [0.717, 1.165) is 27.2 Å². The number of nitrogens with one attached hydrogen (secondary N) is 1. The lowest BCUT2D eigenvalue weighted by Crippen LogP contribution is -2.07. The summed E-state index contributed by atoms with van der Waals surface area (Å²) in [5, 5.41) is 3.13. The van der Waals surface area contributed by atoms with Crippen molar-refractivity contribution in [3.05, 3.63) is 44.8 Å². The zero-order chi connectivity index (χ0) is 12.1. The zero-order valence-corrected chi connectivity index (χ0v) is 11.8. The second-order valence-corrected chi connectivity index (χ2v) is 5.34. The van der Waals surface area contributed by atoms with Crippen LogP contribution in [0.2, 0.25) is 0 Å². The first-order valence-corrected chi connectivity index (χ1v) is 6.90. The van der Waals surface area contributed by atoms with Crippen LogP contribution < -0.4 is 10.1 Å². The lowest BCUT2D eigenvalue weighted by Gasteiger charge is -2.12. The highest BCUT2D eigenvalue weighted by atomic mass is 79.9. The zero-order valence-electron chi connectivity index (χ0n) is 9.44. The third kappa shape index (κ3) is 3.28. The number of hydrogen-bond acceptors (Lipinski definition) is 4. The summed E-state index contributed by atoms with van der Waals surface area (Å²) < 4.78 is 6.83. The van der Waals surface area contributed by atoms with Crippen LogP contribution >= 0.6 is 27.3 Å². The summed E-state index contributed by atoms with van der Waals surface area (Å²) in [5.41, 5.74) is 2.96. The SMILES string of the molecule is CNCc1cccc(Br)c1OCc1cncs1. The van der Waals surface area contributed by atoms with Crippen molar-refractivity contribution in [2.75, 3.05) is 7.05 Å². The molecule has 0 fully saturated rings. The Balaban J connectivity index is 2.13. The van der Waals surface area contributed by atoms with E-state index in [0.29, 0.717) is 6.61 Å². The number of aromatic nitrogens is 1. The number of nitrogens with zero attached hydrogens (tertiary/aromatic N) is 1. The van der Waals surface area contributed by atoms with Gasteiger partial charge in [0.25, 0.3) is 0 Å². The van der Waals surface area contributed by atoms with Crippen LogP contribution in [0.4, 0.5) is 0 Å². The van der Waals surface area contributed by atoms with Crippen molar-refractivity contribution in [3.8, 4) is 5.75 Å². The lowest BCUT2D eigenvalue weighted by atomic mass is 10.2. The molecule has 17 heavy (non-hydrogen) atoms. The second-order valence-electron chi connectivity index (χ2n) is 3.51. The van der Waals surface area contributed by atoms with Gasteiger partial charge in [0.15, 0.2) is 0 Å². The molecule has 5 heteroatoms. The molecule has 2 aromatic rings. The Hall–Kier alpha value is -0.910. The molecule has 0 spiro atoms. The fraction of sp³-hybridized carbons (Fsp3) is 0.250. The van der Waals surface area contributed by atoms with Crippen LogP contribution in [-0.2, 0) is 13.2 Å². The van der Waals surface area contributed by atoms with Gasteiger partial charge in [0.1, 0.15) is 12.4 Å². The Bertz CT molecular complexity index is 473. The molecular weight excluding hydrogens is 300 g/mol. The minimum absolute atomic E-state index is 0.560. The van der Waals surface area contributed by atoms with Gasteiger partial charge in [-0.15, -0.1) is 11.3 Å². The molecule has 0 aliphatic heterocycles. The van der Waals surface area contributed by atoms with E-state index in [-0.39, 0.29) is 0 Å². The van der Waals surface area contributed by atoms with Crippen molar-refractivity contribution in [2.45, 2.75) is 13.2 Å². The van der Waals surface area contributed by atoms with Crippen molar-refractivity contribution in [1.29, 1.82) is 0 Å². The van der Waals surface area contributed by atoms with Crippen molar-refractivity contribution < 1.29 is 4.74 Å². The molecule has 0 aliphatic rings. The molecule has 90 valence electrons. The van der Waals surface area contributed by atoms with Crippen LogP contribution in [0.15, 0.2) is 34.4 Å². The summed E-state index contributed by atoms with van der Waals surface area (Å²) in [4.78, 5) is 5.15. The molecule has 0 radical (unpaired) electrons. The van der Waals surface area contributed by atoms with Crippen molar-refractivity contribution in [3.63, 3.8) is 0 Å². The summed E-state index contributed by atoms with van der Waals surface area (Å²) in [6.45, 7) is 1.35. The van der Waals surface area contributed by atoms with Gasteiger partial charge in [-0.3, -0.25) is 4.98 Å². The van der Waals surface area contributed by atoms with E-state index < -0.39 is 0 Å². The van der Waals surface area contributed by atoms with Gasteiger partial charge in [0.2, 0.25) is 0 Å². The maximum Gasteiger partial charge on any atom is 0.138 e. The van der Waals surface area contributed by atoms with Gasteiger partial charge in [-0.25, -0.2) is 0 Å². The fourth-order valence-corrected chi connectivity index (χ4v) is 2.53. The fourth-order valence-electron chi connectivity index (χ4n) is 1.50. The van der Waals surface area contributed by atoms with Crippen LogP contribution in [0.5, 0.6) is 5.75 Å². The smallest absolute Gasteiger partial charge is 0.138 e. The molecule has 2 rings (SSSR count). The summed E-state index contributed by atoms with van der Waals surface area (Å²) >= 11 is 5.12. The minimum Gasteiger partial charge on any atom is -0.486 e. The third-order valence-electron chi connectivity index (χ3n) is 2.26. The van der Waals surface area contributed by atoms with Crippen LogP contribution in [0.25, 0.3) is 0 Å². The molecule has 1 aromatic heterocycles. The highest BCUT2D eigenvalue weighted by Crippen LogP contribution is 2.30. The Morgan fingerprint density at radius 1 is 1.47 bits per heavy atom. The van der Waals surface area contributed by atoms with Gasteiger partial charge in [-0.2, -0.15) is 0 Å². The molecule has 0 unspecified atom stereocenters. The first-order chi connectivity index (χ1) is 8.31. The molecule has 0 bridgehead atoms. The number of rotatable bonds is 5. The van der Waals surface area contributed by atoms with Crippen LogP contribution in [0.1, 0.15) is 10.4 Å². The number of thiazole rings is 1. The molecule has 0 amide bonds. The Morgan fingerprint density at radius 3 is 3.06 bits per heavy atom. The maximum atomic E-state index is 5.85. The molecule has 0 aliphatic carbocycles. The monoisotopic (exact) mass is 312 g/mol. The standard InChI is InChI=1S/C12H13BrN2OS/c1-14-5-9-3-2-4-11(13)12(9)16-7-10-6-15-8-17-10/h2-4,6,8,14H,5,7H2,1H3. The Morgan fingerprint density at radius 2 is 2.35 bits per heavy atom. The normalized spacial score (nSPS) is 10.5. The quantitative estimate of drug-likeness (QED) is 0.920. The average Bonchev–Trinajstić information content (AvgIpc) is 2.82. The van der Waals surface area contributed by atoms with E-state index in [9.17, 15) is 0 Å². The van der Waals surface area contributed by atoms with E-state index in [1.807, 2.05) is 30.9 Å². The molecule has 1 heterocycles. The predicted octanol–water partition coefficient (Wildman–Crippen LogP) is 3.20. The first-order valence-electron chi connectivity index (χ1n) is 5.23. The molecular formula is C12H13BrN2OS. The summed E-state index contributed by atoms with van der Waals surface area (Å²) in [5.74, 6) is 0.898. The van der Waals surface area contributed by atoms with E-state index >= 15 is 0 Å². The van der Waals surface area contributed by atoms with Gasteiger partial charge in [0.05, 0.1) is 14.9 Å². The highest BCUT2D eigenvalue weighted by Gasteiger charge is 2.08. The third-order valence-corrected chi connectivity index (χ3v) is 3.64. The molecule has 0 saturated heterocycles. The van der Waals surface area contributed by atoms with E-state index in [1.165, 1.54) is 0 Å². The number of ether oxygens (including phenoxy) is 1. The van der Waals surface area contributed by atoms with Crippen molar-refractivity contribution >= 4 is 27.3 Å². The lowest BCUT2D eigenvalue weighted by molar-refractivity contribution is 0.303. The number of benzene rings is 1. The predicted molar refractivity (Wildman–Crippen MR) is 73.4 cm³/mol. The Labute approximate surface area is 113 Å². The van der Waals surface area contributed by atoms with E-state index in [4.69, 9.17) is 4.74 Å². The molecule has 1 aromatic carbocycles. The van der Waals surface area contributed by atoms with Gasteiger partial charge < -0.3 is 10.1 Å². The van der Waals surface area contributed by atoms with Crippen LogP contribution in [-0.4, -0.2) is 12.0 Å². The highest BCUT2D eigenvalue weighted by molar-refractivity contribution is 9.10. The molecule has 1 N–H and O–H groups in total. The average molecular weight is 313 g/mol. The maximum absolute atomic E-state index is 5.85. The second kappa shape index (κ2) is 6.14. The molecule has 0 saturated carbocycles. The molecule has 0 atom stereocenters. The first kappa shape index (κ1) is 12.5. The number of para-hydroxylation sites is 1. The Kier molecular flexibility index (Phi) is 4.53. The largest absolute Gasteiger partial charge is 0.486 e. The van der Waals surface area contributed by atoms with Crippen LogP contribution in [0.3, 0.4) is 0 Å². The van der Waals surface area contributed by atoms with Crippen LogP contribution in [0, 0.1) is 0 Å². The van der Waals surface area contributed by atoms with Crippen molar-refractivity contribution in [2.24, 2.45) is 0 Å². The minimum atomic E-state index is 0.560. The summed E-state index contributed by atoms with van der Waals surface area (Å²) in [6, 6.07) is 6.06. The van der Waals surface area contributed by atoms with Gasteiger partial charge >= 0.3 is 0 Å². The number of halogens is 1. The summed E-state index contributed by atoms with van der Waals surface area (Å²) in [7, 11) is 1.92. The van der Waals surface area contributed by atoms with Crippen molar-refractivity contribution in [1.82, 2.24) is 10.3 Å². The van der Waals surface area contributed by atoms with Gasteiger partial charge in [0, 0.05) is 18.3 Å². The molecule has 3 nitrogen and oxygen atoms in total. The van der Waals surface area contributed by atoms with Gasteiger partial charge in [-0.1, -0.05) is 12.1 Å². The summed E-state index contributed by atoms with van der Waals surface area (Å²) in [6.07, 6.45) is 1.83. The van der Waals surface area contributed by atoms with Gasteiger partial charge in [-0.05, 0) is 29.0 Å².